The van der Waals surface area contributed by atoms with E-state index in [4.69, 9.17) is 16.3 Å². The van der Waals surface area contributed by atoms with Crippen molar-refractivity contribution in [3.8, 4) is 5.69 Å². The predicted octanol–water partition coefficient (Wildman–Crippen LogP) is 3.81. The summed E-state index contributed by atoms with van der Waals surface area (Å²) in [5.41, 5.74) is 1.46. The van der Waals surface area contributed by atoms with Gasteiger partial charge < -0.3 is 4.74 Å². The van der Waals surface area contributed by atoms with Crippen LogP contribution in [-0.4, -0.2) is 28.6 Å². The molecule has 6 nitrogen and oxygen atoms in total. The molecule has 3 rings (SSSR count). The fraction of sp³-hybridized carbons (Fsp3) is 0.150. The van der Waals surface area contributed by atoms with Gasteiger partial charge in [-0.25, -0.2) is 9.07 Å². The van der Waals surface area contributed by atoms with Crippen LogP contribution in [-0.2, 0) is 16.0 Å². The molecule has 144 valence electrons. The summed E-state index contributed by atoms with van der Waals surface area (Å²) >= 11 is 6.15. The van der Waals surface area contributed by atoms with Crippen molar-refractivity contribution in [2.75, 3.05) is 7.11 Å². The van der Waals surface area contributed by atoms with Crippen molar-refractivity contribution < 1.29 is 13.9 Å². The lowest BCUT2D eigenvalue weighted by Crippen LogP contribution is -2.20. The number of nitrogens with zero attached hydrogens (tertiary/aromatic N) is 2. The molecule has 0 radical (unpaired) electrons. The fourth-order valence-corrected chi connectivity index (χ4v) is 2.93. The van der Waals surface area contributed by atoms with Crippen LogP contribution in [0.1, 0.15) is 18.2 Å². The second kappa shape index (κ2) is 8.22. The summed E-state index contributed by atoms with van der Waals surface area (Å²) in [7, 11) is 1.27. The maximum Gasteiger partial charge on any atom is 0.311 e. The Bertz CT molecular complexity index is 1100. The van der Waals surface area contributed by atoms with Crippen molar-refractivity contribution in [3.63, 3.8) is 0 Å². The summed E-state index contributed by atoms with van der Waals surface area (Å²) < 4.78 is 19.2. The van der Waals surface area contributed by atoms with Gasteiger partial charge in [0.2, 0.25) is 0 Å². The molecule has 0 atom stereocenters. The molecule has 0 aliphatic rings. The molecule has 1 N–H and O–H groups in total. The number of halogens is 2. The highest BCUT2D eigenvalue weighted by molar-refractivity contribution is 6.33. The van der Waals surface area contributed by atoms with E-state index in [-0.39, 0.29) is 12.0 Å². The Morgan fingerprint density at radius 2 is 1.89 bits per heavy atom. The van der Waals surface area contributed by atoms with Crippen LogP contribution < -0.4 is 5.56 Å². The molecule has 28 heavy (non-hydrogen) atoms. The third kappa shape index (κ3) is 4.04. The highest BCUT2D eigenvalue weighted by Crippen LogP contribution is 2.25. The first kappa shape index (κ1) is 19.6. The van der Waals surface area contributed by atoms with E-state index in [1.54, 1.807) is 31.2 Å². The second-order valence-corrected chi connectivity index (χ2v) is 6.39. The summed E-state index contributed by atoms with van der Waals surface area (Å²) in [6, 6.07) is 12.4. The zero-order valence-electron chi connectivity index (χ0n) is 15.2. The molecular formula is C20H17ClFN3O3. The van der Waals surface area contributed by atoms with Crippen LogP contribution in [0.15, 0.2) is 58.3 Å². The van der Waals surface area contributed by atoms with E-state index in [2.05, 4.69) is 10.1 Å². The number of aliphatic imine (C=N–C) groups is 1. The standard InChI is InChI=1S/C20H17ClFN3O3/c1-12(23-16-6-4-3-5-15(16)21)19-17(11-18(26)28-2)24-25(20(19)27)14-9-7-13(22)8-10-14/h3-10,24H,11H2,1-2H3. The largest absolute Gasteiger partial charge is 0.469 e. The molecule has 1 heterocycles. The van der Waals surface area contributed by atoms with Crippen LogP contribution in [0.2, 0.25) is 5.02 Å². The predicted molar refractivity (Wildman–Crippen MR) is 105 cm³/mol. The Kier molecular flexibility index (Phi) is 5.75. The number of hydrogen-bond donors (Lipinski definition) is 1. The molecule has 2 aromatic carbocycles. The number of hydrogen-bond acceptors (Lipinski definition) is 4. The number of H-pyrrole nitrogens is 1. The van der Waals surface area contributed by atoms with Crippen molar-refractivity contribution in [2.45, 2.75) is 13.3 Å². The smallest absolute Gasteiger partial charge is 0.311 e. The summed E-state index contributed by atoms with van der Waals surface area (Å²) in [5.74, 6) is -0.936. The van der Waals surface area contributed by atoms with Gasteiger partial charge >= 0.3 is 5.97 Å². The maximum atomic E-state index is 13.2. The van der Waals surface area contributed by atoms with Gasteiger partial charge in [-0.2, -0.15) is 0 Å². The molecule has 0 spiro atoms. The average molecular weight is 402 g/mol. The molecule has 8 heteroatoms. The fourth-order valence-electron chi connectivity index (χ4n) is 2.75. The van der Waals surface area contributed by atoms with Crippen molar-refractivity contribution in [1.82, 2.24) is 9.78 Å². The molecule has 1 aromatic heterocycles. The molecule has 0 aliphatic heterocycles. The van der Waals surface area contributed by atoms with Crippen molar-refractivity contribution >= 4 is 29.0 Å². The van der Waals surface area contributed by atoms with Gasteiger partial charge in [0.15, 0.2) is 0 Å². The summed E-state index contributed by atoms with van der Waals surface area (Å²) in [4.78, 5) is 29.3. The number of aromatic amines is 1. The van der Waals surface area contributed by atoms with Gasteiger partial charge in [-0.3, -0.25) is 19.7 Å². The van der Waals surface area contributed by atoms with Gasteiger partial charge in [0, 0.05) is 0 Å². The minimum atomic E-state index is -0.515. The van der Waals surface area contributed by atoms with Crippen LogP contribution >= 0.6 is 11.6 Å². The second-order valence-electron chi connectivity index (χ2n) is 5.98. The van der Waals surface area contributed by atoms with Gasteiger partial charge in [-0.15, -0.1) is 0 Å². The minimum absolute atomic E-state index is 0.148. The molecule has 0 amide bonds. The zero-order chi connectivity index (χ0) is 20.3. The van der Waals surface area contributed by atoms with Crippen LogP contribution in [0.4, 0.5) is 10.1 Å². The SMILES string of the molecule is COC(=O)Cc1[nH]n(-c2ccc(F)cc2)c(=O)c1C(C)=Nc1ccccc1Cl. The Morgan fingerprint density at radius 1 is 1.21 bits per heavy atom. The van der Waals surface area contributed by atoms with Crippen LogP contribution in [0.3, 0.4) is 0 Å². The molecule has 0 unspecified atom stereocenters. The first-order valence-electron chi connectivity index (χ1n) is 8.37. The van der Waals surface area contributed by atoms with E-state index in [0.717, 1.165) is 0 Å². The Morgan fingerprint density at radius 3 is 2.54 bits per heavy atom. The zero-order valence-corrected chi connectivity index (χ0v) is 16.0. The molecule has 0 bridgehead atoms. The Labute approximate surface area is 165 Å². The van der Waals surface area contributed by atoms with E-state index in [0.29, 0.717) is 27.8 Å². The van der Waals surface area contributed by atoms with E-state index in [1.165, 1.54) is 36.1 Å². The molecular weight excluding hydrogens is 385 g/mol. The number of esters is 1. The van der Waals surface area contributed by atoms with E-state index in [9.17, 15) is 14.0 Å². The summed E-state index contributed by atoms with van der Waals surface area (Å²) in [6.07, 6.45) is -0.148. The van der Waals surface area contributed by atoms with Gasteiger partial charge in [0.1, 0.15) is 5.82 Å². The van der Waals surface area contributed by atoms with Crippen LogP contribution in [0, 0.1) is 5.82 Å². The average Bonchev–Trinajstić information content (AvgIpc) is 3.00. The molecule has 0 saturated carbocycles. The molecule has 0 aliphatic carbocycles. The van der Waals surface area contributed by atoms with Crippen LogP contribution in [0.5, 0.6) is 0 Å². The molecule has 3 aromatic rings. The van der Waals surface area contributed by atoms with E-state index >= 15 is 0 Å². The topological polar surface area (TPSA) is 76.5 Å². The normalized spacial score (nSPS) is 11.5. The van der Waals surface area contributed by atoms with Gasteiger partial charge in [0.05, 0.1) is 46.9 Å². The minimum Gasteiger partial charge on any atom is -0.469 e. The van der Waals surface area contributed by atoms with E-state index in [1.807, 2.05) is 0 Å². The Hall–Kier alpha value is -3.19. The number of ether oxygens (including phenoxy) is 1. The first-order valence-corrected chi connectivity index (χ1v) is 8.75. The number of methoxy groups -OCH3 is 1. The van der Waals surface area contributed by atoms with Gasteiger partial charge in [-0.1, -0.05) is 23.7 Å². The number of aromatic nitrogens is 2. The number of carbonyl (C=O) groups is 1. The number of nitrogens with one attached hydrogen (secondary N) is 1. The van der Waals surface area contributed by atoms with Gasteiger partial charge in [0.25, 0.3) is 5.56 Å². The maximum absolute atomic E-state index is 13.2. The lowest BCUT2D eigenvalue weighted by molar-refractivity contribution is -0.139. The van der Waals surface area contributed by atoms with Gasteiger partial charge in [-0.05, 0) is 43.3 Å². The number of para-hydroxylation sites is 1. The summed E-state index contributed by atoms with van der Waals surface area (Å²) in [5, 5.41) is 3.34. The van der Waals surface area contributed by atoms with E-state index < -0.39 is 17.3 Å². The van der Waals surface area contributed by atoms with Crippen molar-refractivity contribution in [1.29, 1.82) is 0 Å². The highest BCUT2D eigenvalue weighted by Gasteiger charge is 2.20. The first-order chi connectivity index (χ1) is 13.4. The highest BCUT2D eigenvalue weighted by atomic mass is 35.5. The van der Waals surface area contributed by atoms with Crippen molar-refractivity contribution in [3.05, 3.63) is 81.0 Å². The third-order valence-corrected chi connectivity index (χ3v) is 4.42. The molecule has 0 fully saturated rings. The third-order valence-electron chi connectivity index (χ3n) is 4.10. The number of benzene rings is 2. The summed E-state index contributed by atoms with van der Waals surface area (Å²) in [6.45, 7) is 1.66. The monoisotopic (exact) mass is 401 g/mol. The quantitative estimate of drug-likeness (QED) is 0.521. The lowest BCUT2D eigenvalue weighted by Gasteiger charge is -2.03. The van der Waals surface area contributed by atoms with Crippen molar-refractivity contribution in [2.24, 2.45) is 4.99 Å². The number of carbonyl (C=O) groups excluding carboxylic acids is 1. The lowest BCUT2D eigenvalue weighted by atomic mass is 10.1. The molecule has 0 saturated heterocycles. The Balaban J connectivity index is 2.15. The van der Waals surface area contributed by atoms with Crippen LogP contribution in [0.25, 0.3) is 5.69 Å². The number of rotatable bonds is 5.